The summed E-state index contributed by atoms with van der Waals surface area (Å²) in [6.07, 6.45) is -0.549. The van der Waals surface area contributed by atoms with Crippen LogP contribution in [-0.4, -0.2) is 47.0 Å². The van der Waals surface area contributed by atoms with Gasteiger partial charge in [0.25, 0.3) is 0 Å². The van der Waals surface area contributed by atoms with Crippen molar-refractivity contribution in [1.82, 2.24) is 4.90 Å². The van der Waals surface area contributed by atoms with E-state index in [4.69, 9.17) is 4.74 Å². The number of fused-ring (bicyclic) bond motifs is 3. The van der Waals surface area contributed by atoms with E-state index in [-0.39, 0.29) is 31.3 Å². The number of ketones is 1. The summed E-state index contributed by atoms with van der Waals surface area (Å²) in [5.41, 5.74) is 4.43. The molecule has 0 aromatic heterocycles. The number of nitrogens with zero attached hydrogens (tertiary/aromatic N) is 1. The van der Waals surface area contributed by atoms with Crippen LogP contribution in [0, 0.1) is 5.92 Å². The van der Waals surface area contributed by atoms with Gasteiger partial charge in [-0.25, -0.2) is 9.59 Å². The quantitative estimate of drug-likeness (QED) is 0.881. The Morgan fingerprint density at radius 1 is 1.04 bits per heavy atom. The molecule has 1 N–H and O–H groups in total. The van der Waals surface area contributed by atoms with Gasteiger partial charge in [-0.1, -0.05) is 48.5 Å². The first-order valence-corrected chi connectivity index (χ1v) is 9.32. The molecule has 2 aromatic rings. The summed E-state index contributed by atoms with van der Waals surface area (Å²) in [6, 6.07) is 15.0. The summed E-state index contributed by atoms with van der Waals surface area (Å²) in [5, 5.41) is 9.41. The standard InChI is InChI=1S/C22H21NO5/c1-13(24)14-10-20(21(25)26)23(11-14)22(27)28-12-19-17-8-4-2-6-15(17)16-7-3-5-9-18(16)19/h2-9,14,19-20H,10-12H2,1H3,(H,25,26). The average Bonchev–Trinajstić information content (AvgIpc) is 3.27. The lowest BCUT2D eigenvalue weighted by Gasteiger charge is -2.22. The van der Waals surface area contributed by atoms with Crippen molar-refractivity contribution in [1.29, 1.82) is 0 Å². The molecule has 4 rings (SSSR count). The second-order valence-electron chi connectivity index (χ2n) is 7.35. The van der Waals surface area contributed by atoms with E-state index in [2.05, 4.69) is 0 Å². The average molecular weight is 379 g/mol. The largest absolute Gasteiger partial charge is 0.480 e. The lowest BCUT2D eigenvalue weighted by Crippen LogP contribution is -2.41. The van der Waals surface area contributed by atoms with Crippen LogP contribution in [0.1, 0.15) is 30.4 Å². The van der Waals surface area contributed by atoms with Crippen molar-refractivity contribution in [3.8, 4) is 11.1 Å². The van der Waals surface area contributed by atoms with Crippen molar-refractivity contribution in [2.24, 2.45) is 5.92 Å². The van der Waals surface area contributed by atoms with Crippen LogP contribution >= 0.6 is 0 Å². The molecule has 2 aliphatic rings. The zero-order valence-electron chi connectivity index (χ0n) is 15.5. The molecule has 2 unspecified atom stereocenters. The minimum absolute atomic E-state index is 0.0863. The highest BCUT2D eigenvalue weighted by molar-refractivity contribution is 5.86. The van der Waals surface area contributed by atoms with Crippen LogP contribution in [0.4, 0.5) is 4.79 Å². The fourth-order valence-electron chi connectivity index (χ4n) is 4.24. The number of carbonyl (C=O) groups is 3. The van der Waals surface area contributed by atoms with Crippen molar-refractivity contribution in [2.45, 2.75) is 25.3 Å². The van der Waals surface area contributed by atoms with Gasteiger partial charge in [0.15, 0.2) is 0 Å². The third-order valence-electron chi connectivity index (χ3n) is 5.73. The molecule has 144 valence electrons. The van der Waals surface area contributed by atoms with E-state index >= 15 is 0 Å². The number of Topliss-reactive ketones (excluding diaryl/α,β-unsaturated/α-hetero) is 1. The molecule has 2 aromatic carbocycles. The zero-order chi connectivity index (χ0) is 19.8. The molecule has 1 amide bonds. The lowest BCUT2D eigenvalue weighted by atomic mass is 9.98. The van der Waals surface area contributed by atoms with Crippen molar-refractivity contribution >= 4 is 17.8 Å². The Hall–Kier alpha value is -3.15. The Kier molecular flexibility index (Phi) is 4.63. The van der Waals surface area contributed by atoms with Gasteiger partial charge in [0.1, 0.15) is 18.4 Å². The second kappa shape index (κ2) is 7.11. The van der Waals surface area contributed by atoms with Crippen LogP contribution in [0.25, 0.3) is 11.1 Å². The van der Waals surface area contributed by atoms with E-state index < -0.39 is 24.0 Å². The van der Waals surface area contributed by atoms with Crippen LogP contribution in [0.5, 0.6) is 0 Å². The van der Waals surface area contributed by atoms with Gasteiger partial charge >= 0.3 is 12.1 Å². The van der Waals surface area contributed by atoms with Crippen molar-refractivity contribution < 1.29 is 24.2 Å². The lowest BCUT2D eigenvalue weighted by molar-refractivity contribution is -0.141. The van der Waals surface area contributed by atoms with Crippen LogP contribution in [0.2, 0.25) is 0 Å². The van der Waals surface area contributed by atoms with Crippen LogP contribution in [0.15, 0.2) is 48.5 Å². The third kappa shape index (κ3) is 3.05. The predicted octanol–water partition coefficient (Wildman–Crippen LogP) is 3.30. The second-order valence-corrected chi connectivity index (χ2v) is 7.35. The van der Waals surface area contributed by atoms with Gasteiger partial charge in [0.05, 0.1) is 0 Å². The van der Waals surface area contributed by atoms with Crippen molar-refractivity contribution in [3.63, 3.8) is 0 Å². The molecule has 1 aliphatic heterocycles. The van der Waals surface area contributed by atoms with Gasteiger partial charge in [0, 0.05) is 18.4 Å². The van der Waals surface area contributed by atoms with E-state index in [1.165, 1.54) is 11.8 Å². The van der Waals surface area contributed by atoms with Crippen LogP contribution < -0.4 is 0 Å². The van der Waals surface area contributed by atoms with E-state index in [1.54, 1.807) is 0 Å². The van der Waals surface area contributed by atoms with Gasteiger partial charge in [-0.2, -0.15) is 0 Å². The fourth-order valence-corrected chi connectivity index (χ4v) is 4.24. The number of carboxylic acids is 1. The summed E-state index contributed by atoms with van der Waals surface area (Å²) in [4.78, 5) is 37.0. The van der Waals surface area contributed by atoms with Crippen LogP contribution in [-0.2, 0) is 14.3 Å². The summed E-state index contributed by atoms with van der Waals surface area (Å²) in [6.45, 7) is 1.63. The molecular weight excluding hydrogens is 358 g/mol. The highest BCUT2D eigenvalue weighted by Gasteiger charge is 2.42. The van der Waals surface area contributed by atoms with E-state index in [0.717, 1.165) is 22.3 Å². The molecule has 0 radical (unpaired) electrons. The Labute approximate surface area is 162 Å². The van der Waals surface area contributed by atoms with Gasteiger partial charge < -0.3 is 9.84 Å². The molecule has 2 atom stereocenters. The smallest absolute Gasteiger partial charge is 0.410 e. The number of rotatable bonds is 4. The van der Waals surface area contributed by atoms with E-state index in [1.807, 2.05) is 48.5 Å². The highest BCUT2D eigenvalue weighted by Crippen LogP contribution is 2.44. The Balaban J connectivity index is 1.52. The molecule has 1 saturated heterocycles. The number of ether oxygens (including phenoxy) is 1. The van der Waals surface area contributed by atoms with E-state index in [0.29, 0.717) is 0 Å². The fraction of sp³-hybridized carbons (Fsp3) is 0.318. The van der Waals surface area contributed by atoms with Gasteiger partial charge in [-0.15, -0.1) is 0 Å². The predicted molar refractivity (Wildman–Crippen MR) is 102 cm³/mol. The minimum Gasteiger partial charge on any atom is -0.480 e. The molecule has 28 heavy (non-hydrogen) atoms. The summed E-state index contributed by atoms with van der Waals surface area (Å²) in [7, 11) is 0. The topological polar surface area (TPSA) is 83.9 Å². The Morgan fingerprint density at radius 3 is 2.14 bits per heavy atom. The summed E-state index contributed by atoms with van der Waals surface area (Å²) >= 11 is 0. The maximum atomic E-state index is 12.6. The molecule has 6 heteroatoms. The molecular formula is C22H21NO5. The third-order valence-corrected chi connectivity index (χ3v) is 5.73. The Morgan fingerprint density at radius 2 is 1.61 bits per heavy atom. The maximum Gasteiger partial charge on any atom is 0.410 e. The first-order chi connectivity index (χ1) is 13.5. The monoisotopic (exact) mass is 379 g/mol. The van der Waals surface area contributed by atoms with Crippen molar-refractivity contribution in [2.75, 3.05) is 13.2 Å². The molecule has 6 nitrogen and oxygen atoms in total. The number of hydrogen-bond donors (Lipinski definition) is 1. The van der Waals surface area contributed by atoms with Gasteiger partial charge in [-0.3, -0.25) is 9.69 Å². The number of benzene rings is 2. The Bertz CT molecular complexity index is 908. The normalized spacial score (nSPS) is 20.5. The number of likely N-dealkylation sites (tertiary alicyclic amines) is 1. The first kappa shape index (κ1) is 18.2. The SMILES string of the molecule is CC(=O)C1CC(C(=O)O)N(C(=O)OCC2c3ccccc3-c3ccccc32)C1. The van der Waals surface area contributed by atoms with Crippen molar-refractivity contribution in [3.05, 3.63) is 59.7 Å². The molecule has 0 spiro atoms. The maximum absolute atomic E-state index is 12.6. The van der Waals surface area contributed by atoms with Crippen LogP contribution in [0.3, 0.4) is 0 Å². The number of amides is 1. The summed E-state index contributed by atoms with van der Waals surface area (Å²) < 4.78 is 5.54. The number of aliphatic carboxylic acids is 1. The van der Waals surface area contributed by atoms with Gasteiger partial charge in [0.2, 0.25) is 0 Å². The minimum atomic E-state index is -1.11. The molecule has 1 heterocycles. The van der Waals surface area contributed by atoms with Gasteiger partial charge in [-0.05, 0) is 35.6 Å². The van der Waals surface area contributed by atoms with E-state index in [9.17, 15) is 19.5 Å². The number of hydrogen-bond acceptors (Lipinski definition) is 4. The number of carboxylic acid groups (broad SMARTS) is 1. The molecule has 1 aliphatic carbocycles. The molecule has 1 fully saturated rings. The molecule has 0 saturated carbocycles. The molecule has 0 bridgehead atoms. The zero-order valence-corrected chi connectivity index (χ0v) is 15.5. The number of carbonyl (C=O) groups excluding carboxylic acids is 2. The highest BCUT2D eigenvalue weighted by atomic mass is 16.6. The first-order valence-electron chi connectivity index (χ1n) is 9.32. The summed E-state index contributed by atoms with van der Waals surface area (Å²) in [5.74, 6) is -1.77.